The van der Waals surface area contributed by atoms with Crippen LogP contribution >= 0.6 is 0 Å². The summed E-state index contributed by atoms with van der Waals surface area (Å²) in [6, 6.07) is 5.52. The van der Waals surface area contributed by atoms with Gasteiger partial charge in [0.05, 0.1) is 25.7 Å². The Bertz CT molecular complexity index is 542. The van der Waals surface area contributed by atoms with Crippen molar-refractivity contribution in [1.29, 1.82) is 0 Å². The molecular formula is C17H22O5. The van der Waals surface area contributed by atoms with Gasteiger partial charge in [-0.25, -0.2) is 0 Å². The van der Waals surface area contributed by atoms with Crippen molar-refractivity contribution in [2.45, 2.75) is 43.6 Å². The molecular weight excluding hydrogens is 284 g/mol. The van der Waals surface area contributed by atoms with Crippen molar-refractivity contribution in [3.8, 4) is 11.5 Å². The van der Waals surface area contributed by atoms with E-state index in [1.165, 1.54) is 0 Å². The molecule has 3 rings (SSSR count). The maximum atomic E-state index is 11.8. The van der Waals surface area contributed by atoms with Crippen LogP contribution in [0.4, 0.5) is 0 Å². The Hall–Kier alpha value is -1.75. The lowest BCUT2D eigenvalue weighted by Crippen LogP contribution is -2.32. The molecule has 1 aromatic rings. The van der Waals surface area contributed by atoms with Crippen molar-refractivity contribution >= 4 is 5.97 Å². The molecule has 1 aromatic carbocycles. The third-order valence-electron chi connectivity index (χ3n) is 4.76. The largest absolute Gasteiger partial charge is 0.493 e. The van der Waals surface area contributed by atoms with Gasteiger partial charge in [-0.15, -0.1) is 0 Å². The predicted octanol–water partition coefficient (Wildman–Crippen LogP) is 2.76. The van der Waals surface area contributed by atoms with Crippen LogP contribution in [0.1, 0.15) is 37.7 Å². The summed E-state index contributed by atoms with van der Waals surface area (Å²) >= 11 is 0. The molecule has 1 N–H and O–H groups in total. The van der Waals surface area contributed by atoms with E-state index < -0.39 is 11.4 Å². The first-order valence-electron chi connectivity index (χ1n) is 7.82. The van der Waals surface area contributed by atoms with Gasteiger partial charge in [0.2, 0.25) is 0 Å². The Morgan fingerprint density at radius 1 is 1.32 bits per heavy atom. The monoisotopic (exact) mass is 306 g/mol. The zero-order chi connectivity index (χ0) is 15.6. The summed E-state index contributed by atoms with van der Waals surface area (Å²) < 4.78 is 16.6. The lowest BCUT2D eigenvalue weighted by atomic mass is 9.79. The molecule has 0 bridgehead atoms. The van der Waals surface area contributed by atoms with Crippen LogP contribution in [-0.4, -0.2) is 37.5 Å². The van der Waals surface area contributed by atoms with Gasteiger partial charge in [0.15, 0.2) is 11.5 Å². The van der Waals surface area contributed by atoms with E-state index in [1.807, 2.05) is 18.2 Å². The van der Waals surface area contributed by atoms with Crippen molar-refractivity contribution in [1.82, 2.24) is 0 Å². The van der Waals surface area contributed by atoms with E-state index in [-0.39, 0.29) is 6.10 Å². The first-order valence-corrected chi connectivity index (χ1v) is 7.82. The molecule has 5 heteroatoms. The molecule has 1 aliphatic carbocycles. The van der Waals surface area contributed by atoms with E-state index >= 15 is 0 Å². The van der Waals surface area contributed by atoms with E-state index in [1.54, 1.807) is 7.11 Å². The highest BCUT2D eigenvalue weighted by atomic mass is 16.6. The summed E-state index contributed by atoms with van der Waals surface area (Å²) in [6.45, 7) is 1.30. The van der Waals surface area contributed by atoms with E-state index in [2.05, 4.69) is 0 Å². The first-order chi connectivity index (χ1) is 10.7. The third kappa shape index (κ3) is 2.65. The highest BCUT2D eigenvalue weighted by Gasteiger charge is 2.43. The maximum Gasteiger partial charge on any atom is 0.314 e. The number of aliphatic carboxylic acids is 1. The molecule has 22 heavy (non-hydrogen) atoms. The number of hydrogen-bond acceptors (Lipinski definition) is 4. The Morgan fingerprint density at radius 2 is 2.09 bits per heavy atom. The third-order valence-corrected chi connectivity index (χ3v) is 4.76. The summed E-state index contributed by atoms with van der Waals surface area (Å²) in [4.78, 5) is 11.8. The van der Waals surface area contributed by atoms with Gasteiger partial charge in [0.1, 0.15) is 6.10 Å². The minimum Gasteiger partial charge on any atom is -0.493 e. The molecule has 2 aliphatic rings. The van der Waals surface area contributed by atoms with Crippen LogP contribution in [0.3, 0.4) is 0 Å². The summed E-state index contributed by atoms with van der Waals surface area (Å²) in [5, 5.41) is 9.69. The first kappa shape index (κ1) is 15.2. The molecule has 1 aliphatic heterocycles. The summed E-state index contributed by atoms with van der Waals surface area (Å²) in [5.74, 6) is 0.502. The molecule has 0 aromatic heterocycles. The molecule has 1 heterocycles. The van der Waals surface area contributed by atoms with E-state index in [0.29, 0.717) is 37.6 Å². The predicted molar refractivity (Wildman–Crippen MR) is 80.6 cm³/mol. The number of carboxylic acids is 1. The Labute approximate surface area is 130 Å². The quantitative estimate of drug-likeness (QED) is 0.906. The van der Waals surface area contributed by atoms with Gasteiger partial charge >= 0.3 is 5.97 Å². The smallest absolute Gasteiger partial charge is 0.314 e. The average Bonchev–Trinajstić information content (AvgIpc) is 3.19. The standard InChI is InChI=1S/C17H22O5/c1-20-15-10-12(17(16(18)19)7-2-3-8-17)4-5-14(15)22-13-6-9-21-11-13/h4-5,10,13H,2-3,6-9,11H2,1H3,(H,18,19). The molecule has 0 spiro atoms. The van der Waals surface area contributed by atoms with Gasteiger partial charge in [0.25, 0.3) is 0 Å². The van der Waals surface area contributed by atoms with Crippen molar-refractivity contribution in [3.63, 3.8) is 0 Å². The average molecular weight is 306 g/mol. The van der Waals surface area contributed by atoms with Gasteiger partial charge in [-0.3, -0.25) is 4.79 Å². The minimum absolute atomic E-state index is 0.0414. The number of ether oxygens (including phenoxy) is 3. The molecule has 5 nitrogen and oxygen atoms in total. The van der Waals surface area contributed by atoms with E-state index in [9.17, 15) is 9.90 Å². The summed E-state index contributed by atoms with van der Waals surface area (Å²) in [5.41, 5.74) is 0.0341. The Kier molecular flexibility index (Phi) is 4.25. The number of hydrogen-bond donors (Lipinski definition) is 1. The van der Waals surface area contributed by atoms with Gasteiger partial charge in [-0.1, -0.05) is 18.9 Å². The number of methoxy groups -OCH3 is 1. The number of rotatable bonds is 5. The lowest BCUT2D eigenvalue weighted by Gasteiger charge is -2.25. The van der Waals surface area contributed by atoms with Crippen LogP contribution in [0.25, 0.3) is 0 Å². The van der Waals surface area contributed by atoms with Crippen molar-refractivity contribution in [3.05, 3.63) is 23.8 Å². The van der Waals surface area contributed by atoms with Crippen LogP contribution in [0.2, 0.25) is 0 Å². The second-order valence-electron chi connectivity index (χ2n) is 6.06. The summed E-state index contributed by atoms with van der Waals surface area (Å²) in [7, 11) is 1.58. The Morgan fingerprint density at radius 3 is 2.68 bits per heavy atom. The minimum atomic E-state index is -0.776. The molecule has 1 saturated heterocycles. The fraction of sp³-hybridized carbons (Fsp3) is 0.588. The van der Waals surface area contributed by atoms with E-state index in [4.69, 9.17) is 14.2 Å². The molecule has 1 atom stereocenters. The van der Waals surface area contributed by atoms with Crippen molar-refractivity contribution < 1.29 is 24.1 Å². The Balaban J connectivity index is 1.88. The number of carbonyl (C=O) groups is 1. The second-order valence-corrected chi connectivity index (χ2v) is 6.06. The molecule has 1 saturated carbocycles. The summed E-state index contributed by atoms with van der Waals surface area (Å²) in [6.07, 6.45) is 4.17. The van der Waals surface area contributed by atoms with E-state index in [0.717, 1.165) is 24.8 Å². The fourth-order valence-electron chi connectivity index (χ4n) is 3.45. The van der Waals surface area contributed by atoms with Gasteiger partial charge in [-0.2, -0.15) is 0 Å². The maximum absolute atomic E-state index is 11.8. The molecule has 1 unspecified atom stereocenters. The highest BCUT2D eigenvalue weighted by molar-refractivity contribution is 5.82. The molecule has 0 radical (unpaired) electrons. The zero-order valence-electron chi connectivity index (χ0n) is 12.8. The van der Waals surface area contributed by atoms with Gasteiger partial charge in [-0.05, 0) is 30.5 Å². The number of carboxylic acid groups (broad SMARTS) is 1. The van der Waals surface area contributed by atoms with Crippen LogP contribution in [-0.2, 0) is 14.9 Å². The number of benzene rings is 1. The zero-order valence-corrected chi connectivity index (χ0v) is 12.8. The normalized spacial score (nSPS) is 23.4. The van der Waals surface area contributed by atoms with Crippen LogP contribution < -0.4 is 9.47 Å². The van der Waals surface area contributed by atoms with Crippen LogP contribution in [0, 0.1) is 0 Å². The lowest BCUT2D eigenvalue weighted by molar-refractivity contribution is -0.143. The molecule has 2 fully saturated rings. The fourth-order valence-corrected chi connectivity index (χ4v) is 3.45. The topological polar surface area (TPSA) is 65.0 Å². The van der Waals surface area contributed by atoms with Crippen LogP contribution in [0.5, 0.6) is 11.5 Å². The SMILES string of the molecule is COc1cc(C2(C(=O)O)CCCC2)ccc1OC1CCOC1. The molecule has 120 valence electrons. The van der Waals surface area contributed by atoms with Crippen molar-refractivity contribution in [2.24, 2.45) is 0 Å². The molecule has 0 amide bonds. The van der Waals surface area contributed by atoms with Gasteiger partial charge in [0, 0.05) is 6.42 Å². The highest BCUT2D eigenvalue weighted by Crippen LogP contribution is 2.44. The second kappa shape index (κ2) is 6.16. The van der Waals surface area contributed by atoms with Gasteiger partial charge < -0.3 is 19.3 Å². The van der Waals surface area contributed by atoms with Crippen LogP contribution in [0.15, 0.2) is 18.2 Å². The van der Waals surface area contributed by atoms with Crippen molar-refractivity contribution in [2.75, 3.05) is 20.3 Å².